The Kier molecular flexibility index (Phi) is 5.32. The second-order valence-corrected chi connectivity index (χ2v) is 8.74. The van der Waals surface area contributed by atoms with Crippen molar-refractivity contribution in [3.05, 3.63) is 0 Å². The van der Waals surface area contributed by atoms with Crippen molar-refractivity contribution in [3.63, 3.8) is 0 Å². The van der Waals surface area contributed by atoms with Crippen LogP contribution in [0.3, 0.4) is 0 Å². The zero-order valence-electron chi connectivity index (χ0n) is 11.4. The van der Waals surface area contributed by atoms with Gasteiger partial charge in [0.05, 0.1) is 6.26 Å². The van der Waals surface area contributed by atoms with Crippen LogP contribution in [0.1, 0.15) is 13.8 Å². The van der Waals surface area contributed by atoms with Crippen LogP contribution >= 0.6 is 0 Å². The standard InChI is InChI=1S/C9H22N4O4S2/c1-9(2,12-18(3,14)15)8-11-19(16,17)13-6-4-10-5-7-13/h10-12H,4-8H2,1-3H3. The summed E-state index contributed by atoms with van der Waals surface area (Å²) in [6.07, 6.45) is 1.04. The maximum Gasteiger partial charge on any atom is 0.279 e. The Labute approximate surface area is 115 Å². The fraction of sp³-hybridized carbons (Fsp3) is 1.00. The molecule has 10 heteroatoms. The minimum absolute atomic E-state index is 0.00761. The molecule has 8 nitrogen and oxygen atoms in total. The summed E-state index contributed by atoms with van der Waals surface area (Å²) in [5, 5.41) is 3.06. The van der Waals surface area contributed by atoms with Crippen molar-refractivity contribution in [2.24, 2.45) is 0 Å². The molecular formula is C9H22N4O4S2. The number of nitrogens with zero attached hydrogens (tertiary/aromatic N) is 1. The number of hydrogen-bond acceptors (Lipinski definition) is 5. The van der Waals surface area contributed by atoms with E-state index in [9.17, 15) is 16.8 Å². The molecule has 1 saturated heterocycles. The Bertz CT molecular complexity index is 494. The average Bonchev–Trinajstić information content (AvgIpc) is 2.25. The van der Waals surface area contributed by atoms with E-state index in [1.54, 1.807) is 13.8 Å². The Hall–Kier alpha value is -0.260. The molecule has 0 unspecified atom stereocenters. The fourth-order valence-electron chi connectivity index (χ4n) is 1.79. The number of hydrogen-bond donors (Lipinski definition) is 3. The molecule has 0 bridgehead atoms. The highest BCUT2D eigenvalue weighted by Crippen LogP contribution is 2.05. The zero-order valence-corrected chi connectivity index (χ0v) is 13.1. The van der Waals surface area contributed by atoms with Crippen molar-refractivity contribution in [1.82, 2.24) is 19.1 Å². The molecule has 0 atom stereocenters. The van der Waals surface area contributed by atoms with Gasteiger partial charge < -0.3 is 5.32 Å². The van der Waals surface area contributed by atoms with Crippen LogP contribution in [0.2, 0.25) is 0 Å². The summed E-state index contributed by atoms with van der Waals surface area (Å²) in [6, 6.07) is 0. The van der Waals surface area contributed by atoms with Crippen LogP contribution in [0.25, 0.3) is 0 Å². The quantitative estimate of drug-likeness (QED) is 0.528. The molecule has 3 N–H and O–H groups in total. The topological polar surface area (TPSA) is 108 Å². The lowest BCUT2D eigenvalue weighted by atomic mass is 10.1. The smallest absolute Gasteiger partial charge is 0.279 e. The fourth-order valence-corrected chi connectivity index (χ4v) is 4.25. The number of sulfonamides is 1. The molecule has 1 rings (SSSR count). The minimum Gasteiger partial charge on any atom is -0.314 e. The van der Waals surface area contributed by atoms with E-state index >= 15 is 0 Å². The molecule has 0 aliphatic carbocycles. The third-order valence-electron chi connectivity index (χ3n) is 2.57. The lowest BCUT2D eigenvalue weighted by Gasteiger charge is -2.30. The molecule has 19 heavy (non-hydrogen) atoms. The number of rotatable bonds is 6. The molecule has 0 saturated carbocycles. The van der Waals surface area contributed by atoms with Gasteiger partial charge in [-0.2, -0.15) is 12.7 Å². The second kappa shape index (κ2) is 6.02. The lowest BCUT2D eigenvalue weighted by molar-refractivity contribution is 0.349. The van der Waals surface area contributed by atoms with Crippen LogP contribution in [-0.4, -0.2) is 65.7 Å². The van der Waals surface area contributed by atoms with E-state index in [1.165, 1.54) is 4.31 Å². The van der Waals surface area contributed by atoms with Gasteiger partial charge in [-0.25, -0.2) is 17.9 Å². The SMILES string of the molecule is CC(C)(CNS(=O)(=O)N1CCNCC1)NS(C)(=O)=O. The maximum atomic E-state index is 12.0. The van der Waals surface area contributed by atoms with E-state index in [2.05, 4.69) is 14.8 Å². The molecule has 114 valence electrons. The van der Waals surface area contributed by atoms with Crippen molar-refractivity contribution in [3.8, 4) is 0 Å². The molecular weight excluding hydrogens is 292 g/mol. The van der Waals surface area contributed by atoms with Gasteiger partial charge in [0.15, 0.2) is 0 Å². The van der Waals surface area contributed by atoms with Gasteiger partial charge in [-0.3, -0.25) is 0 Å². The third-order valence-corrected chi connectivity index (χ3v) is 5.05. The summed E-state index contributed by atoms with van der Waals surface area (Å²) < 4.78 is 52.5. The number of nitrogens with one attached hydrogen (secondary N) is 3. The van der Waals surface area contributed by atoms with Crippen molar-refractivity contribution in [2.75, 3.05) is 39.0 Å². The predicted octanol–water partition coefficient (Wildman–Crippen LogP) is -1.95. The van der Waals surface area contributed by atoms with Crippen LogP contribution in [0.15, 0.2) is 0 Å². The van der Waals surface area contributed by atoms with Gasteiger partial charge in [0.1, 0.15) is 0 Å². The summed E-state index contributed by atoms with van der Waals surface area (Å²) in [5.41, 5.74) is -0.880. The lowest BCUT2D eigenvalue weighted by Crippen LogP contribution is -2.55. The first-order chi connectivity index (χ1) is 8.52. The first kappa shape index (κ1) is 16.8. The van der Waals surface area contributed by atoms with Crippen LogP contribution in [0, 0.1) is 0 Å². The summed E-state index contributed by atoms with van der Waals surface area (Å²) in [4.78, 5) is 0. The Morgan fingerprint density at radius 3 is 2.16 bits per heavy atom. The summed E-state index contributed by atoms with van der Waals surface area (Å²) >= 11 is 0. The van der Waals surface area contributed by atoms with Crippen molar-refractivity contribution < 1.29 is 16.8 Å². The van der Waals surface area contributed by atoms with Gasteiger partial charge in [0.2, 0.25) is 10.0 Å². The second-order valence-electron chi connectivity index (χ2n) is 5.23. The van der Waals surface area contributed by atoms with Crippen molar-refractivity contribution in [2.45, 2.75) is 19.4 Å². The summed E-state index contributed by atoms with van der Waals surface area (Å²) in [5.74, 6) is 0. The maximum absolute atomic E-state index is 12.0. The van der Waals surface area contributed by atoms with Gasteiger partial charge in [0, 0.05) is 38.3 Å². The molecule has 1 heterocycles. The highest BCUT2D eigenvalue weighted by Gasteiger charge is 2.28. The van der Waals surface area contributed by atoms with Gasteiger partial charge in [-0.05, 0) is 13.8 Å². The molecule has 0 aromatic heterocycles. The third kappa shape index (κ3) is 6.15. The summed E-state index contributed by atoms with van der Waals surface area (Å²) in [6.45, 7) is 5.29. The molecule has 1 aliphatic rings. The Morgan fingerprint density at radius 2 is 1.68 bits per heavy atom. The molecule has 0 spiro atoms. The molecule has 0 aromatic carbocycles. The van der Waals surface area contributed by atoms with E-state index in [1.807, 2.05) is 0 Å². The zero-order chi connectivity index (χ0) is 14.7. The van der Waals surface area contributed by atoms with Gasteiger partial charge in [-0.15, -0.1) is 0 Å². The van der Waals surface area contributed by atoms with Crippen molar-refractivity contribution >= 4 is 20.2 Å². The minimum atomic E-state index is -3.56. The largest absolute Gasteiger partial charge is 0.314 e. The first-order valence-corrected chi connectivity index (χ1v) is 9.29. The van der Waals surface area contributed by atoms with E-state index in [0.717, 1.165) is 6.26 Å². The van der Waals surface area contributed by atoms with Crippen LogP contribution in [0.5, 0.6) is 0 Å². The van der Waals surface area contributed by atoms with Crippen LogP contribution < -0.4 is 14.8 Å². The summed E-state index contributed by atoms with van der Waals surface area (Å²) in [7, 11) is -6.95. The van der Waals surface area contributed by atoms with E-state index in [-0.39, 0.29) is 6.54 Å². The van der Waals surface area contributed by atoms with E-state index < -0.39 is 25.8 Å². The first-order valence-electron chi connectivity index (χ1n) is 5.96. The van der Waals surface area contributed by atoms with E-state index in [4.69, 9.17) is 0 Å². The molecule has 0 amide bonds. The Morgan fingerprint density at radius 1 is 1.16 bits per heavy atom. The predicted molar refractivity (Wildman–Crippen MR) is 73.4 cm³/mol. The molecule has 0 radical (unpaired) electrons. The Balaban J connectivity index is 2.59. The highest BCUT2D eigenvalue weighted by molar-refractivity contribution is 7.88. The van der Waals surface area contributed by atoms with Gasteiger partial charge in [-0.1, -0.05) is 0 Å². The van der Waals surface area contributed by atoms with Gasteiger partial charge in [0.25, 0.3) is 10.2 Å². The monoisotopic (exact) mass is 314 g/mol. The molecule has 0 aromatic rings. The normalized spacial score (nSPS) is 19.5. The number of piperazine rings is 1. The van der Waals surface area contributed by atoms with E-state index in [0.29, 0.717) is 26.2 Å². The highest BCUT2D eigenvalue weighted by atomic mass is 32.2. The average molecular weight is 314 g/mol. The van der Waals surface area contributed by atoms with Gasteiger partial charge >= 0.3 is 0 Å². The molecule has 1 aliphatic heterocycles. The molecule has 1 fully saturated rings. The van der Waals surface area contributed by atoms with Crippen molar-refractivity contribution in [1.29, 1.82) is 0 Å². The van der Waals surface area contributed by atoms with Crippen LogP contribution in [-0.2, 0) is 20.2 Å². The van der Waals surface area contributed by atoms with Crippen LogP contribution in [0.4, 0.5) is 0 Å².